The van der Waals surface area contributed by atoms with Gasteiger partial charge in [-0.3, -0.25) is 9.59 Å². The van der Waals surface area contributed by atoms with Crippen LogP contribution in [0.3, 0.4) is 0 Å². The molecule has 0 radical (unpaired) electrons. The number of rotatable bonds is 1. The molecule has 25 heavy (non-hydrogen) atoms. The van der Waals surface area contributed by atoms with E-state index < -0.39 is 28.3 Å². The van der Waals surface area contributed by atoms with Crippen LogP contribution in [0.5, 0.6) is 0 Å². The SMILES string of the molecule is C=C1C[C@]23C[C@@]1(O)CC[C@H]2[C@]12CCC[C@@](C)(C(=O)OC1)[C@H]2[C@@H]3C(=O)O. The molecule has 5 fully saturated rings. The average Bonchev–Trinajstić information content (AvgIpc) is 2.90. The van der Waals surface area contributed by atoms with Crippen LogP contribution in [0, 0.1) is 34.0 Å². The second-order valence-electron chi connectivity index (χ2n) is 9.69. The lowest BCUT2D eigenvalue weighted by Crippen LogP contribution is -2.58. The van der Waals surface area contributed by atoms with E-state index >= 15 is 0 Å². The molecular weight excluding hydrogens is 320 g/mol. The second kappa shape index (κ2) is 4.30. The first-order valence-corrected chi connectivity index (χ1v) is 9.50. The minimum absolute atomic E-state index is 0.189. The highest BCUT2D eigenvalue weighted by Crippen LogP contribution is 2.79. The van der Waals surface area contributed by atoms with Gasteiger partial charge in [-0.15, -0.1) is 0 Å². The van der Waals surface area contributed by atoms with E-state index in [4.69, 9.17) is 4.74 Å². The largest absolute Gasteiger partial charge is 0.481 e. The molecule has 5 rings (SSSR count). The molecule has 4 saturated carbocycles. The van der Waals surface area contributed by atoms with Crippen molar-refractivity contribution in [3.63, 3.8) is 0 Å². The van der Waals surface area contributed by atoms with E-state index in [0.29, 0.717) is 32.3 Å². The molecule has 4 aliphatic carbocycles. The van der Waals surface area contributed by atoms with Crippen molar-refractivity contribution in [3.8, 4) is 0 Å². The van der Waals surface area contributed by atoms with E-state index in [1.165, 1.54) is 0 Å². The molecule has 7 atom stereocenters. The van der Waals surface area contributed by atoms with Gasteiger partial charge >= 0.3 is 11.9 Å². The third kappa shape index (κ3) is 1.52. The fourth-order valence-electron chi connectivity index (χ4n) is 8.17. The summed E-state index contributed by atoms with van der Waals surface area (Å²) in [7, 11) is 0. The predicted molar refractivity (Wildman–Crippen MR) is 88.4 cm³/mol. The number of cyclic esters (lactones) is 1. The number of esters is 1. The first-order valence-electron chi connectivity index (χ1n) is 9.50. The van der Waals surface area contributed by atoms with E-state index in [2.05, 4.69) is 6.58 Å². The summed E-state index contributed by atoms with van der Waals surface area (Å²) in [6, 6.07) is 0. The highest BCUT2D eigenvalue weighted by Gasteiger charge is 2.79. The Morgan fingerprint density at radius 3 is 2.76 bits per heavy atom. The zero-order valence-corrected chi connectivity index (χ0v) is 14.7. The van der Waals surface area contributed by atoms with Crippen LogP contribution in [-0.2, 0) is 14.3 Å². The number of aliphatic carboxylic acids is 1. The second-order valence-corrected chi connectivity index (χ2v) is 9.69. The van der Waals surface area contributed by atoms with E-state index in [0.717, 1.165) is 24.8 Å². The lowest BCUT2D eigenvalue weighted by Gasteiger charge is -2.55. The topological polar surface area (TPSA) is 83.8 Å². The molecule has 136 valence electrons. The molecule has 5 nitrogen and oxygen atoms in total. The summed E-state index contributed by atoms with van der Waals surface area (Å²) in [5.74, 6) is -1.62. The minimum Gasteiger partial charge on any atom is -0.481 e. The molecule has 0 aromatic heterocycles. The molecule has 1 aliphatic heterocycles. The molecule has 1 heterocycles. The summed E-state index contributed by atoms with van der Waals surface area (Å²) in [5, 5.41) is 21.3. The highest BCUT2D eigenvalue weighted by molar-refractivity contribution is 5.82. The third-order valence-corrected chi connectivity index (χ3v) is 8.86. The number of carbonyl (C=O) groups excluding carboxylic acids is 1. The molecule has 5 heteroatoms. The van der Waals surface area contributed by atoms with Gasteiger partial charge in [0.2, 0.25) is 0 Å². The van der Waals surface area contributed by atoms with Crippen molar-refractivity contribution in [1.82, 2.24) is 0 Å². The van der Waals surface area contributed by atoms with Gasteiger partial charge in [0.05, 0.1) is 23.5 Å². The molecule has 0 amide bonds. The Kier molecular flexibility index (Phi) is 2.73. The van der Waals surface area contributed by atoms with Gasteiger partial charge in [0, 0.05) is 5.41 Å². The Balaban J connectivity index is 1.76. The fourth-order valence-corrected chi connectivity index (χ4v) is 8.17. The normalized spacial score (nSPS) is 56.2. The van der Waals surface area contributed by atoms with Gasteiger partial charge in [0.15, 0.2) is 0 Å². The molecule has 1 saturated heterocycles. The quantitative estimate of drug-likeness (QED) is 0.563. The molecular formula is C20H26O5. The van der Waals surface area contributed by atoms with Crippen LogP contribution in [0.15, 0.2) is 12.2 Å². The molecule has 0 aromatic carbocycles. The fraction of sp³-hybridized carbons (Fsp3) is 0.800. The van der Waals surface area contributed by atoms with Crippen molar-refractivity contribution in [3.05, 3.63) is 12.2 Å². The number of carboxylic acids is 1. The van der Waals surface area contributed by atoms with E-state index in [-0.39, 0.29) is 23.2 Å². The number of ether oxygens (including phenoxy) is 1. The summed E-state index contributed by atoms with van der Waals surface area (Å²) >= 11 is 0. The minimum atomic E-state index is -0.922. The molecule has 0 aromatic rings. The van der Waals surface area contributed by atoms with Gasteiger partial charge in [-0.25, -0.2) is 0 Å². The number of hydrogen-bond donors (Lipinski definition) is 2. The number of hydrogen-bond acceptors (Lipinski definition) is 4. The van der Waals surface area contributed by atoms with Crippen LogP contribution in [0.2, 0.25) is 0 Å². The molecule has 2 N–H and O–H groups in total. The van der Waals surface area contributed by atoms with Crippen LogP contribution in [0.25, 0.3) is 0 Å². The lowest BCUT2D eigenvalue weighted by atomic mass is 9.51. The lowest BCUT2D eigenvalue weighted by molar-refractivity contribution is -0.200. The Bertz CT molecular complexity index is 715. The van der Waals surface area contributed by atoms with E-state index in [1.54, 1.807) is 0 Å². The number of carbonyl (C=O) groups is 2. The first-order chi connectivity index (χ1) is 11.7. The zero-order valence-electron chi connectivity index (χ0n) is 14.7. The zero-order chi connectivity index (χ0) is 17.8. The maximum Gasteiger partial charge on any atom is 0.312 e. The third-order valence-electron chi connectivity index (χ3n) is 8.86. The number of aliphatic hydroxyl groups is 1. The van der Waals surface area contributed by atoms with Crippen LogP contribution < -0.4 is 0 Å². The van der Waals surface area contributed by atoms with Gasteiger partial charge in [-0.05, 0) is 68.3 Å². The van der Waals surface area contributed by atoms with Crippen molar-refractivity contribution >= 4 is 11.9 Å². The summed E-state index contributed by atoms with van der Waals surface area (Å²) < 4.78 is 5.67. The maximum atomic E-state index is 12.7. The predicted octanol–water partition coefficient (Wildman–Crippen LogP) is 2.53. The smallest absolute Gasteiger partial charge is 0.312 e. The summed E-state index contributed by atoms with van der Waals surface area (Å²) in [6.45, 7) is 6.39. The van der Waals surface area contributed by atoms with E-state index in [9.17, 15) is 19.8 Å². The van der Waals surface area contributed by atoms with Gasteiger partial charge in [0.1, 0.15) is 0 Å². The molecule has 0 unspecified atom stereocenters. The van der Waals surface area contributed by atoms with Crippen LogP contribution in [0.1, 0.15) is 51.9 Å². The monoisotopic (exact) mass is 346 g/mol. The van der Waals surface area contributed by atoms with Crippen LogP contribution in [-0.4, -0.2) is 34.4 Å². The molecule has 4 bridgehead atoms. The number of carboxylic acid groups (broad SMARTS) is 1. The van der Waals surface area contributed by atoms with Gasteiger partial charge in [-0.1, -0.05) is 13.0 Å². The molecule has 1 spiro atoms. The van der Waals surface area contributed by atoms with Gasteiger partial charge in [0.25, 0.3) is 0 Å². The van der Waals surface area contributed by atoms with E-state index in [1.807, 2.05) is 6.92 Å². The van der Waals surface area contributed by atoms with Gasteiger partial charge < -0.3 is 14.9 Å². The summed E-state index contributed by atoms with van der Waals surface area (Å²) in [5.41, 5.74) is -1.55. The maximum absolute atomic E-state index is 12.7. The Morgan fingerprint density at radius 2 is 2.04 bits per heavy atom. The van der Waals surface area contributed by atoms with Crippen molar-refractivity contribution in [2.45, 2.75) is 57.5 Å². The Morgan fingerprint density at radius 1 is 1.28 bits per heavy atom. The summed E-state index contributed by atoms with van der Waals surface area (Å²) in [4.78, 5) is 25.2. The van der Waals surface area contributed by atoms with Crippen molar-refractivity contribution in [2.75, 3.05) is 6.61 Å². The van der Waals surface area contributed by atoms with Gasteiger partial charge in [-0.2, -0.15) is 0 Å². The van der Waals surface area contributed by atoms with Crippen LogP contribution >= 0.6 is 0 Å². The van der Waals surface area contributed by atoms with Crippen molar-refractivity contribution in [2.24, 2.45) is 34.0 Å². The number of fused-ring (bicyclic) bond motifs is 1. The average molecular weight is 346 g/mol. The molecule has 5 aliphatic rings. The standard InChI is InChI=1S/C20H26O5/c1-11-8-19-9-20(11,24)7-4-12(19)18-6-3-5-17(2,16(23)25-10-18)14(18)13(19)15(21)22/h12-14,24H,1,3-10H2,2H3,(H,21,22)/t12-,13+,14+,17+,18-,19-,20-/m0/s1. The van der Waals surface area contributed by atoms with Crippen molar-refractivity contribution in [1.29, 1.82) is 0 Å². The van der Waals surface area contributed by atoms with Crippen molar-refractivity contribution < 1.29 is 24.5 Å². The summed E-state index contributed by atoms with van der Waals surface area (Å²) in [6.07, 6.45) is 5.12. The van der Waals surface area contributed by atoms with Crippen LogP contribution in [0.4, 0.5) is 0 Å². The Labute approximate surface area is 147 Å². The highest BCUT2D eigenvalue weighted by atomic mass is 16.5. The Hall–Kier alpha value is -1.36. The first kappa shape index (κ1) is 15.9.